The van der Waals surface area contributed by atoms with Crippen molar-refractivity contribution in [3.8, 4) is 11.8 Å². The predicted octanol–water partition coefficient (Wildman–Crippen LogP) is 3.48. The molecule has 0 heterocycles. The van der Waals surface area contributed by atoms with Gasteiger partial charge >= 0.3 is 10.1 Å². The van der Waals surface area contributed by atoms with Crippen molar-refractivity contribution in [3.63, 3.8) is 0 Å². The van der Waals surface area contributed by atoms with Crippen LogP contribution >= 0.6 is 0 Å². The maximum Gasteiger partial charge on any atom is 0.317 e. The lowest BCUT2D eigenvalue weighted by molar-refractivity contribution is -0.00879. The summed E-state index contributed by atoms with van der Waals surface area (Å²) >= 11 is 0. The molecule has 3 aromatic carbocycles. The van der Waals surface area contributed by atoms with Gasteiger partial charge in [0.1, 0.15) is 0 Å². The molecule has 0 N–H and O–H groups in total. The molecule has 0 bridgehead atoms. The first-order valence-corrected chi connectivity index (χ1v) is 9.81. The molecule has 0 saturated carbocycles. The zero-order chi connectivity index (χ0) is 20.0. The first kappa shape index (κ1) is 19.4. The second-order valence-corrected chi connectivity index (χ2v) is 7.37. The van der Waals surface area contributed by atoms with Gasteiger partial charge in [0.05, 0.1) is 4.90 Å². The van der Waals surface area contributed by atoms with E-state index in [0.717, 1.165) is 11.1 Å². The van der Waals surface area contributed by atoms with Gasteiger partial charge in [-0.3, -0.25) is 4.79 Å². The SMILES string of the molecule is CN(OS(=O)(=O)c1ccccc1)C(=O)c1ccc(C#Cc2ccccc2)cc1. The van der Waals surface area contributed by atoms with Crippen LogP contribution in [-0.2, 0) is 14.4 Å². The van der Waals surface area contributed by atoms with E-state index in [0.29, 0.717) is 5.06 Å². The molecule has 5 nitrogen and oxygen atoms in total. The van der Waals surface area contributed by atoms with E-state index in [4.69, 9.17) is 4.28 Å². The fraction of sp³-hybridized carbons (Fsp3) is 0.0455. The van der Waals surface area contributed by atoms with Crippen molar-refractivity contribution in [2.75, 3.05) is 7.05 Å². The number of carbonyl (C=O) groups excluding carboxylic acids is 1. The minimum absolute atomic E-state index is 0.0267. The highest BCUT2D eigenvalue weighted by molar-refractivity contribution is 7.86. The van der Waals surface area contributed by atoms with E-state index in [2.05, 4.69) is 11.8 Å². The summed E-state index contributed by atoms with van der Waals surface area (Å²) < 4.78 is 29.3. The Kier molecular flexibility index (Phi) is 5.90. The van der Waals surface area contributed by atoms with Gasteiger partial charge in [0.25, 0.3) is 5.91 Å². The molecule has 0 unspecified atom stereocenters. The summed E-state index contributed by atoms with van der Waals surface area (Å²) in [7, 11) is -2.82. The van der Waals surface area contributed by atoms with Crippen molar-refractivity contribution in [1.82, 2.24) is 5.06 Å². The number of amides is 1. The van der Waals surface area contributed by atoms with Crippen LogP contribution in [0.5, 0.6) is 0 Å². The summed E-state index contributed by atoms with van der Waals surface area (Å²) in [4.78, 5) is 12.4. The number of hydrogen-bond donors (Lipinski definition) is 0. The molecule has 28 heavy (non-hydrogen) atoms. The second kappa shape index (κ2) is 8.53. The molecule has 1 amide bonds. The average Bonchev–Trinajstić information content (AvgIpc) is 2.73. The lowest BCUT2D eigenvalue weighted by atomic mass is 10.1. The van der Waals surface area contributed by atoms with Crippen LogP contribution < -0.4 is 0 Å². The van der Waals surface area contributed by atoms with E-state index >= 15 is 0 Å². The van der Waals surface area contributed by atoms with Crippen LogP contribution in [0.1, 0.15) is 21.5 Å². The van der Waals surface area contributed by atoms with Gasteiger partial charge in [-0.2, -0.15) is 8.42 Å². The minimum atomic E-state index is -4.08. The van der Waals surface area contributed by atoms with Gasteiger partial charge < -0.3 is 0 Å². The van der Waals surface area contributed by atoms with Gasteiger partial charge in [-0.05, 0) is 48.5 Å². The highest BCUT2D eigenvalue weighted by Gasteiger charge is 2.22. The first-order chi connectivity index (χ1) is 13.5. The highest BCUT2D eigenvalue weighted by atomic mass is 32.2. The molecule has 140 valence electrons. The Bertz CT molecular complexity index is 1110. The van der Waals surface area contributed by atoms with Crippen LogP contribution in [0.25, 0.3) is 0 Å². The molecule has 0 aromatic heterocycles. The Hall–Kier alpha value is -3.40. The number of hydroxylamine groups is 2. The molecular formula is C22H17NO4S. The molecule has 0 fully saturated rings. The monoisotopic (exact) mass is 391 g/mol. The van der Waals surface area contributed by atoms with Gasteiger partial charge in [-0.1, -0.05) is 48.2 Å². The first-order valence-electron chi connectivity index (χ1n) is 8.40. The number of benzene rings is 3. The van der Waals surface area contributed by atoms with Gasteiger partial charge in [-0.25, -0.2) is 5.06 Å². The quantitative estimate of drug-likeness (QED) is 0.505. The Labute approximate surface area is 164 Å². The summed E-state index contributed by atoms with van der Waals surface area (Å²) in [6.07, 6.45) is 0. The van der Waals surface area contributed by atoms with Crippen LogP contribution in [0.2, 0.25) is 0 Å². The summed E-state index contributed by atoms with van der Waals surface area (Å²) in [5.74, 6) is 5.46. The summed E-state index contributed by atoms with van der Waals surface area (Å²) in [6.45, 7) is 0. The van der Waals surface area contributed by atoms with E-state index in [9.17, 15) is 13.2 Å². The largest absolute Gasteiger partial charge is 0.317 e. The molecule has 0 radical (unpaired) electrons. The van der Waals surface area contributed by atoms with Crippen LogP contribution in [0.4, 0.5) is 0 Å². The van der Waals surface area contributed by atoms with E-state index in [1.165, 1.54) is 19.2 Å². The molecule has 3 rings (SSSR count). The zero-order valence-corrected chi connectivity index (χ0v) is 15.9. The predicted molar refractivity (Wildman–Crippen MR) is 106 cm³/mol. The highest BCUT2D eigenvalue weighted by Crippen LogP contribution is 2.14. The fourth-order valence-electron chi connectivity index (χ4n) is 2.35. The van der Waals surface area contributed by atoms with Crippen LogP contribution in [0.3, 0.4) is 0 Å². The van der Waals surface area contributed by atoms with E-state index in [-0.39, 0.29) is 10.5 Å². The normalized spacial score (nSPS) is 10.6. The number of hydrogen-bond acceptors (Lipinski definition) is 4. The third-order valence-corrected chi connectivity index (χ3v) is 5.05. The number of rotatable bonds is 4. The fourth-order valence-corrected chi connectivity index (χ4v) is 3.29. The third-order valence-electron chi connectivity index (χ3n) is 3.78. The van der Waals surface area contributed by atoms with Gasteiger partial charge in [0.15, 0.2) is 0 Å². The maximum atomic E-state index is 12.4. The van der Waals surface area contributed by atoms with Gasteiger partial charge in [0.2, 0.25) is 0 Å². The minimum Gasteiger partial charge on any atom is -0.267 e. The lowest BCUT2D eigenvalue weighted by Crippen LogP contribution is -2.30. The van der Waals surface area contributed by atoms with Crippen molar-refractivity contribution < 1.29 is 17.5 Å². The van der Waals surface area contributed by atoms with Gasteiger partial charge in [0, 0.05) is 23.7 Å². The van der Waals surface area contributed by atoms with Crippen molar-refractivity contribution >= 4 is 16.0 Å². The Morgan fingerprint density at radius 1 is 0.786 bits per heavy atom. The Morgan fingerprint density at radius 2 is 1.29 bits per heavy atom. The Balaban J connectivity index is 1.70. The smallest absolute Gasteiger partial charge is 0.267 e. The number of nitrogens with zero attached hydrogens (tertiary/aromatic N) is 1. The molecule has 3 aromatic rings. The summed E-state index contributed by atoms with van der Waals surface area (Å²) in [5.41, 5.74) is 1.92. The maximum absolute atomic E-state index is 12.4. The molecule has 0 saturated heterocycles. The molecule has 0 aliphatic rings. The zero-order valence-electron chi connectivity index (χ0n) is 15.1. The molecule has 6 heteroatoms. The molecule has 0 atom stereocenters. The molecule has 0 spiro atoms. The topological polar surface area (TPSA) is 63.7 Å². The molecular weight excluding hydrogens is 374 g/mol. The lowest BCUT2D eigenvalue weighted by Gasteiger charge is -2.16. The molecule has 0 aliphatic carbocycles. The van der Waals surface area contributed by atoms with Crippen LogP contribution in [-0.4, -0.2) is 26.4 Å². The van der Waals surface area contributed by atoms with Crippen molar-refractivity contribution in [2.24, 2.45) is 0 Å². The second-order valence-electron chi connectivity index (χ2n) is 5.84. The van der Waals surface area contributed by atoms with Crippen LogP contribution in [0, 0.1) is 11.8 Å². The summed E-state index contributed by atoms with van der Waals surface area (Å²) in [5, 5.41) is 0.701. The van der Waals surface area contributed by atoms with Crippen LogP contribution in [0.15, 0.2) is 89.8 Å². The average molecular weight is 391 g/mol. The molecule has 0 aliphatic heterocycles. The number of carbonyl (C=O) groups is 1. The summed E-state index contributed by atoms with van der Waals surface area (Å²) in [6, 6.07) is 23.7. The third kappa shape index (κ3) is 4.86. The van der Waals surface area contributed by atoms with E-state index < -0.39 is 16.0 Å². The van der Waals surface area contributed by atoms with Gasteiger partial charge in [-0.15, -0.1) is 4.28 Å². The van der Waals surface area contributed by atoms with Crippen molar-refractivity contribution in [1.29, 1.82) is 0 Å². The van der Waals surface area contributed by atoms with Crippen molar-refractivity contribution in [2.45, 2.75) is 4.90 Å². The standard InChI is InChI=1S/C22H17NO4S/c1-23(27-28(25,26)21-10-6-3-7-11-21)22(24)20-16-14-19(15-17-20)13-12-18-8-4-2-5-9-18/h2-11,14-17H,1H3. The van der Waals surface area contributed by atoms with Crippen molar-refractivity contribution in [3.05, 3.63) is 102 Å². The Morgan fingerprint density at radius 3 is 1.86 bits per heavy atom. The van der Waals surface area contributed by atoms with E-state index in [1.807, 2.05) is 30.3 Å². The van der Waals surface area contributed by atoms with E-state index in [1.54, 1.807) is 42.5 Å².